The van der Waals surface area contributed by atoms with Crippen molar-refractivity contribution in [2.24, 2.45) is 45.8 Å². The van der Waals surface area contributed by atoms with Gasteiger partial charge in [0.1, 0.15) is 11.6 Å². The van der Waals surface area contributed by atoms with Gasteiger partial charge in [0.2, 0.25) is 0 Å². The van der Waals surface area contributed by atoms with Crippen LogP contribution in [0.1, 0.15) is 86.0 Å². The van der Waals surface area contributed by atoms with Crippen molar-refractivity contribution in [2.45, 2.75) is 86.0 Å². The Bertz CT molecular complexity index is 605. The first kappa shape index (κ1) is 17.7. The average molecular weight is 345 g/mol. The summed E-state index contributed by atoms with van der Waals surface area (Å²) in [5, 5.41) is 0. The predicted molar refractivity (Wildman–Crippen MR) is 100 cm³/mol. The second-order valence-corrected chi connectivity index (χ2v) is 11.2. The smallest absolute Gasteiger partial charge is 0.133 e. The van der Waals surface area contributed by atoms with Crippen LogP contribution in [0.5, 0.6) is 0 Å². The van der Waals surface area contributed by atoms with Crippen molar-refractivity contribution in [2.75, 3.05) is 0 Å². The van der Waals surface area contributed by atoms with E-state index < -0.39 is 0 Å². The first-order valence-corrected chi connectivity index (χ1v) is 10.6. The Morgan fingerprint density at radius 3 is 2.40 bits per heavy atom. The Labute approximate surface area is 153 Å². The molecule has 2 nitrogen and oxygen atoms in total. The van der Waals surface area contributed by atoms with Crippen LogP contribution in [0, 0.1) is 45.8 Å². The molecule has 0 radical (unpaired) electrons. The van der Waals surface area contributed by atoms with E-state index in [0.29, 0.717) is 28.8 Å². The first-order chi connectivity index (χ1) is 11.6. The Morgan fingerprint density at radius 1 is 1.00 bits per heavy atom. The van der Waals surface area contributed by atoms with Gasteiger partial charge in [-0.2, -0.15) is 0 Å². The SMILES string of the molecule is CC(=O)[C@H]1CC(C)(C)[C@H]2[C@@H]3CCC4CC(=O)CC[C@]4(C)[C@H]3CC[C@]12C. The van der Waals surface area contributed by atoms with Crippen LogP contribution in [-0.4, -0.2) is 11.6 Å². The van der Waals surface area contributed by atoms with Gasteiger partial charge in [-0.3, -0.25) is 9.59 Å². The lowest BCUT2D eigenvalue weighted by molar-refractivity contribution is -0.148. The number of carbonyl (C=O) groups excluding carboxylic acids is 2. The van der Waals surface area contributed by atoms with Crippen LogP contribution >= 0.6 is 0 Å². The van der Waals surface area contributed by atoms with Crippen molar-refractivity contribution in [3.63, 3.8) is 0 Å². The van der Waals surface area contributed by atoms with Crippen LogP contribution in [0.3, 0.4) is 0 Å². The molecule has 0 saturated heterocycles. The Morgan fingerprint density at radius 2 is 1.72 bits per heavy atom. The highest BCUT2D eigenvalue weighted by atomic mass is 16.1. The van der Waals surface area contributed by atoms with Crippen LogP contribution < -0.4 is 0 Å². The van der Waals surface area contributed by atoms with E-state index >= 15 is 0 Å². The summed E-state index contributed by atoms with van der Waals surface area (Å²) in [6.07, 6.45) is 8.83. The van der Waals surface area contributed by atoms with Crippen molar-refractivity contribution >= 4 is 11.6 Å². The van der Waals surface area contributed by atoms with E-state index in [-0.39, 0.29) is 16.7 Å². The van der Waals surface area contributed by atoms with Gasteiger partial charge in [-0.15, -0.1) is 0 Å². The summed E-state index contributed by atoms with van der Waals surface area (Å²) >= 11 is 0. The van der Waals surface area contributed by atoms with E-state index in [1.54, 1.807) is 0 Å². The third-order valence-corrected chi connectivity index (χ3v) is 9.55. The van der Waals surface area contributed by atoms with Crippen LogP contribution in [0.15, 0.2) is 0 Å². The minimum absolute atomic E-state index is 0.199. The minimum atomic E-state index is 0.199. The fraction of sp³-hybridized carbons (Fsp3) is 0.913. The number of fused-ring (bicyclic) bond motifs is 5. The fourth-order valence-corrected chi connectivity index (χ4v) is 8.64. The quantitative estimate of drug-likeness (QED) is 0.635. The van der Waals surface area contributed by atoms with Gasteiger partial charge in [-0.1, -0.05) is 27.7 Å². The molecule has 25 heavy (non-hydrogen) atoms. The van der Waals surface area contributed by atoms with E-state index in [0.717, 1.165) is 37.5 Å². The standard InChI is InChI=1S/C23H36O2/c1-14(24)19-13-21(2,3)20-17-7-6-15-12-16(25)8-10-22(15,4)18(17)9-11-23(19,20)5/h15,17-20H,6-13H2,1-5H3/t15?,17-,18+,19-,20-,22+,23-/m1/s1. The second kappa shape index (κ2) is 5.42. The summed E-state index contributed by atoms with van der Waals surface area (Å²) in [7, 11) is 0. The van der Waals surface area contributed by atoms with Crippen LogP contribution in [-0.2, 0) is 9.59 Å². The predicted octanol–water partition coefficient (Wildman–Crippen LogP) is 5.44. The van der Waals surface area contributed by atoms with Gasteiger partial charge in [0.25, 0.3) is 0 Å². The van der Waals surface area contributed by atoms with Crippen molar-refractivity contribution in [1.29, 1.82) is 0 Å². The molecular weight excluding hydrogens is 308 g/mol. The summed E-state index contributed by atoms with van der Waals surface area (Å²) in [6.45, 7) is 11.6. The topological polar surface area (TPSA) is 34.1 Å². The van der Waals surface area contributed by atoms with Gasteiger partial charge in [0.15, 0.2) is 0 Å². The van der Waals surface area contributed by atoms with Crippen LogP contribution in [0.2, 0.25) is 0 Å². The first-order valence-electron chi connectivity index (χ1n) is 10.6. The summed E-state index contributed by atoms with van der Waals surface area (Å²) < 4.78 is 0. The number of carbonyl (C=O) groups is 2. The van der Waals surface area contributed by atoms with Crippen molar-refractivity contribution in [3.8, 4) is 0 Å². The molecule has 0 aromatic heterocycles. The van der Waals surface area contributed by atoms with Gasteiger partial charge in [0.05, 0.1) is 0 Å². The Kier molecular flexibility index (Phi) is 3.85. The molecule has 0 aliphatic heterocycles. The summed E-state index contributed by atoms with van der Waals surface area (Å²) in [4.78, 5) is 24.5. The molecule has 0 heterocycles. The van der Waals surface area contributed by atoms with Gasteiger partial charge < -0.3 is 0 Å². The van der Waals surface area contributed by atoms with E-state index in [9.17, 15) is 9.59 Å². The molecule has 0 aromatic carbocycles. The summed E-state index contributed by atoms with van der Waals surface area (Å²) in [6, 6.07) is 0. The molecule has 0 bridgehead atoms. The normalized spacial score (nSPS) is 51.4. The third kappa shape index (κ3) is 2.34. The molecule has 4 aliphatic rings. The number of hydrogen-bond donors (Lipinski definition) is 0. The molecule has 1 unspecified atom stereocenters. The molecule has 0 amide bonds. The fourth-order valence-electron chi connectivity index (χ4n) is 8.64. The Hall–Kier alpha value is -0.660. The third-order valence-electron chi connectivity index (χ3n) is 9.55. The maximum Gasteiger partial charge on any atom is 0.133 e. The highest BCUT2D eigenvalue weighted by Crippen LogP contribution is 2.71. The van der Waals surface area contributed by atoms with Crippen LogP contribution in [0.4, 0.5) is 0 Å². The molecule has 0 aromatic rings. The lowest BCUT2D eigenvalue weighted by atomic mass is 9.43. The van der Waals surface area contributed by atoms with Crippen molar-refractivity contribution in [1.82, 2.24) is 0 Å². The number of rotatable bonds is 1. The number of ketones is 2. The van der Waals surface area contributed by atoms with E-state index in [1.165, 1.54) is 25.7 Å². The van der Waals surface area contributed by atoms with Gasteiger partial charge >= 0.3 is 0 Å². The summed E-state index contributed by atoms with van der Waals surface area (Å²) in [5.74, 6) is 3.98. The zero-order chi connectivity index (χ0) is 18.2. The van der Waals surface area contributed by atoms with Crippen molar-refractivity contribution < 1.29 is 9.59 Å². The lowest BCUT2D eigenvalue weighted by Gasteiger charge is -2.61. The molecule has 140 valence electrons. The van der Waals surface area contributed by atoms with Gasteiger partial charge in [0, 0.05) is 18.8 Å². The molecule has 7 atom stereocenters. The molecule has 2 heteroatoms. The Balaban J connectivity index is 1.71. The average Bonchev–Trinajstić information content (AvgIpc) is 2.75. The largest absolute Gasteiger partial charge is 0.300 e. The lowest BCUT2D eigenvalue weighted by Crippen LogP contribution is -2.55. The molecule has 4 aliphatic carbocycles. The number of Topliss-reactive ketones (excluding diaryl/α,β-unsaturated/α-hetero) is 2. The van der Waals surface area contributed by atoms with E-state index in [2.05, 4.69) is 27.7 Å². The van der Waals surface area contributed by atoms with Crippen molar-refractivity contribution in [3.05, 3.63) is 0 Å². The zero-order valence-corrected chi connectivity index (χ0v) is 16.9. The number of hydrogen-bond acceptors (Lipinski definition) is 2. The zero-order valence-electron chi connectivity index (χ0n) is 16.9. The molecule has 4 rings (SSSR count). The van der Waals surface area contributed by atoms with Crippen LogP contribution in [0.25, 0.3) is 0 Å². The van der Waals surface area contributed by atoms with Gasteiger partial charge in [-0.25, -0.2) is 0 Å². The van der Waals surface area contributed by atoms with E-state index in [4.69, 9.17) is 0 Å². The molecule has 0 N–H and O–H groups in total. The minimum Gasteiger partial charge on any atom is -0.300 e. The second-order valence-electron chi connectivity index (χ2n) is 11.2. The van der Waals surface area contributed by atoms with E-state index in [1.807, 2.05) is 6.92 Å². The molecular formula is C23H36O2. The van der Waals surface area contributed by atoms with Gasteiger partial charge in [-0.05, 0) is 85.4 Å². The molecule has 4 fully saturated rings. The maximum absolute atomic E-state index is 12.4. The summed E-state index contributed by atoms with van der Waals surface area (Å²) in [5.41, 5.74) is 0.828. The maximum atomic E-state index is 12.4. The highest BCUT2D eigenvalue weighted by molar-refractivity contribution is 5.80. The molecule has 0 spiro atoms. The molecule has 4 saturated carbocycles. The highest BCUT2D eigenvalue weighted by Gasteiger charge is 2.65. The monoisotopic (exact) mass is 344 g/mol.